The zero-order chi connectivity index (χ0) is 11.4. The number of carbonyl (C=O) groups is 2. The molecule has 86 valence electrons. The molecule has 6 heteroatoms. The molecule has 0 aromatic carbocycles. The number of esters is 2. The van der Waals surface area contributed by atoms with Crippen molar-refractivity contribution < 1.29 is 28.9 Å². The summed E-state index contributed by atoms with van der Waals surface area (Å²) in [5, 5.41) is 9.41. The number of hydrogen-bond donors (Lipinski definition) is 1. The van der Waals surface area contributed by atoms with E-state index in [-0.39, 0.29) is 6.61 Å². The van der Waals surface area contributed by atoms with Gasteiger partial charge in [-0.15, -0.1) is 0 Å². The summed E-state index contributed by atoms with van der Waals surface area (Å²) in [6.07, 6.45) is -2.43. The van der Waals surface area contributed by atoms with Crippen LogP contribution in [0.1, 0.15) is 20.3 Å². The summed E-state index contributed by atoms with van der Waals surface area (Å²) in [6.45, 7) is 2.73. The van der Waals surface area contributed by atoms with Gasteiger partial charge in [0.05, 0.1) is 6.61 Å². The van der Waals surface area contributed by atoms with Crippen LogP contribution in [-0.4, -0.2) is 42.1 Å². The maximum Gasteiger partial charge on any atom is 0.303 e. The number of carbonyl (C=O) groups excluding carboxylic acids is 2. The molecule has 1 aliphatic rings. The van der Waals surface area contributed by atoms with Crippen LogP contribution >= 0.6 is 0 Å². The molecule has 0 aromatic heterocycles. The lowest BCUT2D eigenvalue weighted by Crippen LogP contribution is -2.48. The monoisotopic (exact) mass is 218 g/mol. The van der Waals surface area contributed by atoms with Crippen LogP contribution in [-0.2, 0) is 23.8 Å². The quantitative estimate of drug-likeness (QED) is 0.634. The molecule has 0 aromatic rings. The normalized spacial score (nSPS) is 30.7. The highest BCUT2D eigenvalue weighted by Gasteiger charge is 2.37. The van der Waals surface area contributed by atoms with E-state index in [0.29, 0.717) is 6.42 Å². The molecule has 0 bridgehead atoms. The van der Waals surface area contributed by atoms with Crippen LogP contribution in [0.3, 0.4) is 0 Å². The second-order valence-electron chi connectivity index (χ2n) is 3.27. The second kappa shape index (κ2) is 5.09. The van der Waals surface area contributed by atoms with Crippen molar-refractivity contribution in [2.75, 3.05) is 6.61 Å². The van der Waals surface area contributed by atoms with Crippen molar-refractivity contribution in [1.29, 1.82) is 0 Å². The third kappa shape index (κ3) is 3.49. The Labute approximate surface area is 87.1 Å². The minimum absolute atomic E-state index is 0.261. The molecule has 0 saturated carbocycles. The molecule has 0 aliphatic carbocycles. The minimum atomic E-state index is -1.24. The molecule has 0 unspecified atom stereocenters. The average Bonchev–Trinajstić information content (AvgIpc) is 2.09. The summed E-state index contributed by atoms with van der Waals surface area (Å²) in [6, 6.07) is 0. The largest absolute Gasteiger partial charge is 0.458 e. The lowest BCUT2D eigenvalue weighted by molar-refractivity contribution is -0.238. The Morgan fingerprint density at radius 2 is 1.87 bits per heavy atom. The van der Waals surface area contributed by atoms with E-state index in [1.165, 1.54) is 13.8 Å². The molecule has 0 radical (unpaired) electrons. The van der Waals surface area contributed by atoms with Crippen LogP contribution in [0, 0.1) is 0 Å². The van der Waals surface area contributed by atoms with E-state index in [9.17, 15) is 14.7 Å². The van der Waals surface area contributed by atoms with Crippen molar-refractivity contribution in [3.63, 3.8) is 0 Å². The summed E-state index contributed by atoms with van der Waals surface area (Å²) in [5.41, 5.74) is 0. The number of ether oxygens (including phenoxy) is 3. The minimum Gasteiger partial charge on any atom is -0.458 e. The van der Waals surface area contributed by atoms with Gasteiger partial charge >= 0.3 is 11.9 Å². The van der Waals surface area contributed by atoms with Gasteiger partial charge < -0.3 is 19.3 Å². The van der Waals surface area contributed by atoms with Crippen molar-refractivity contribution in [3.05, 3.63) is 0 Å². The fourth-order valence-electron chi connectivity index (χ4n) is 1.41. The maximum absolute atomic E-state index is 10.8. The fourth-order valence-corrected chi connectivity index (χ4v) is 1.41. The Hall–Kier alpha value is -1.14. The third-order valence-corrected chi connectivity index (χ3v) is 1.96. The highest BCUT2D eigenvalue weighted by atomic mass is 16.7. The Bertz CT molecular complexity index is 251. The Kier molecular flexibility index (Phi) is 4.05. The van der Waals surface area contributed by atoms with Gasteiger partial charge in [-0.25, -0.2) is 0 Å². The van der Waals surface area contributed by atoms with E-state index in [2.05, 4.69) is 0 Å². The lowest BCUT2D eigenvalue weighted by atomic mass is 10.1. The van der Waals surface area contributed by atoms with Gasteiger partial charge in [0.1, 0.15) is 6.10 Å². The SMILES string of the molecule is CC(=O)O[C@H]1[C@H](O)OCC[C@@H]1OC(C)=O. The summed E-state index contributed by atoms with van der Waals surface area (Å²) in [4.78, 5) is 21.5. The van der Waals surface area contributed by atoms with E-state index in [4.69, 9.17) is 14.2 Å². The van der Waals surface area contributed by atoms with Gasteiger partial charge in [-0.2, -0.15) is 0 Å². The topological polar surface area (TPSA) is 82.1 Å². The fraction of sp³-hybridized carbons (Fsp3) is 0.778. The highest BCUT2D eigenvalue weighted by Crippen LogP contribution is 2.19. The summed E-state index contributed by atoms with van der Waals surface area (Å²) in [7, 11) is 0. The molecule has 1 fully saturated rings. The van der Waals surface area contributed by atoms with Crippen LogP contribution in [0.4, 0.5) is 0 Å². The molecule has 0 spiro atoms. The van der Waals surface area contributed by atoms with E-state index in [1.807, 2.05) is 0 Å². The van der Waals surface area contributed by atoms with E-state index in [1.54, 1.807) is 0 Å². The maximum atomic E-state index is 10.8. The Morgan fingerprint density at radius 1 is 1.27 bits per heavy atom. The van der Waals surface area contributed by atoms with Crippen LogP contribution in [0.25, 0.3) is 0 Å². The molecule has 1 saturated heterocycles. The van der Waals surface area contributed by atoms with Crippen molar-refractivity contribution in [2.45, 2.75) is 38.8 Å². The smallest absolute Gasteiger partial charge is 0.303 e. The summed E-state index contributed by atoms with van der Waals surface area (Å²) < 4.78 is 14.6. The molecule has 0 amide bonds. The lowest BCUT2D eigenvalue weighted by Gasteiger charge is -2.33. The number of rotatable bonds is 2. The van der Waals surface area contributed by atoms with Gasteiger partial charge in [-0.1, -0.05) is 0 Å². The van der Waals surface area contributed by atoms with Crippen LogP contribution in [0.5, 0.6) is 0 Å². The van der Waals surface area contributed by atoms with Crippen LogP contribution < -0.4 is 0 Å². The van der Waals surface area contributed by atoms with Crippen molar-refractivity contribution in [1.82, 2.24) is 0 Å². The molecular weight excluding hydrogens is 204 g/mol. The second-order valence-corrected chi connectivity index (χ2v) is 3.27. The first-order chi connectivity index (χ1) is 7.00. The molecule has 6 nitrogen and oxygen atoms in total. The van der Waals surface area contributed by atoms with E-state index < -0.39 is 30.4 Å². The molecule has 1 N–H and O–H groups in total. The van der Waals surface area contributed by atoms with Crippen molar-refractivity contribution in [2.24, 2.45) is 0 Å². The van der Waals surface area contributed by atoms with Crippen molar-refractivity contribution in [3.8, 4) is 0 Å². The van der Waals surface area contributed by atoms with Crippen LogP contribution in [0.15, 0.2) is 0 Å². The predicted octanol–water partition coefficient (Wildman–Crippen LogP) is -0.412. The zero-order valence-electron chi connectivity index (χ0n) is 8.63. The number of aliphatic hydroxyl groups is 1. The number of aliphatic hydroxyl groups excluding tert-OH is 1. The first-order valence-corrected chi connectivity index (χ1v) is 4.65. The first-order valence-electron chi connectivity index (χ1n) is 4.65. The first kappa shape index (κ1) is 11.9. The third-order valence-electron chi connectivity index (χ3n) is 1.96. The molecule has 15 heavy (non-hydrogen) atoms. The molecule has 1 aliphatic heterocycles. The van der Waals surface area contributed by atoms with Gasteiger partial charge in [0, 0.05) is 20.3 Å². The molecule has 1 rings (SSSR count). The summed E-state index contributed by atoms with van der Waals surface area (Å²) >= 11 is 0. The molecular formula is C9H14O6. The number of hydrogen-bond acceptors (Lipinski definition) is 6. The summed E-state index contributed by atoms with van der Waals surface area (Å²) in [5.74, 6) is -1.03. The average molecular weight is 218 g/mol. The van der Waals surface area contributed by atoms with Gasteiger partial charge in [-0.05, 0) is 0 Å². The molecule has 1 heterocycles. The van der Waals surface area contributed by atoms with Crippen molar-refractivity contribution >= 4 is 11.9 Å². The predicted molar refractivity (Wildman–Crippen MR) is 47.7 cm³/mol. The standard InChI is InChI=1S/C9H14O6/c1-5(10)14-7-3-4-13-9(12)8(7)15-6(2)11/h7-9,12H,3-4H2,1-2H3/t7-,8+,9+/m0/s1. The zero-order valence-corrected chi connectivity index (χ0v) is 8.63. The van der Waals surface area contributed by atoms with E-state index in [0.717, 1.165) is 0 Å². The van der Waals surface area contributed by atoms with E-state index >= 15 is 0 Å². The highest BCUT2D eigenvalue weighted by molar-refractivity contribution is 5.67. The van der Waals surface area contributed by atoms with Crippen LogP contribution in [0.2, 0.25) is 0 Å². The Morgan fingerprint density at radius 3 is 2.40 bits per heavy atom. The van der Waals surface area contributed by atoms with Gasteiger partial charge in [0.2, 0.25) is 0 Å². The van der Waals surface area contributed by atoms with Gasteiger partial charge in [-0.3, -0.25) is 9.59 Å². The Balaban J connectivity index is 2.63. The van der Waals surface area contributed by atoms with Gasteiger partial charge in [0.15, 0.2) is 12.4 Å². The van der Waals surface area contributed by atoms with Gasteiger partial charge in [0.25, 0.3) is 0 Å². The molecule has 3 atom stereocenters.